The summed E-state index contributed by atoms with van der Waals surface area (Å²) in [4.78, 5) is 29.5. The molecule has 1 aliphatic carbocycles. The van der Waals surface area contributed by atoms with Gasteiger partial charge in [0.15, 0.2) is 11.5 Å². The summed E-state index contributed by atoms with van der Waals surface area (Å²) in [5.74, 6) is 1.53. The zero-order chi connectivity index (χ0) is 21.7. The number of nitrogens with one attached hydrogen (secondary N) is 2. The fourth-order valence-electron chi connectivity index (χ4n) is 5.23. The highest BCUT2D eigenvalue weighted by Gasteiger charge is 2.42. The third-order valence-corrected chi connectivity index (χ3v) is 6.85. The van der Waals surface area contributed by atoms with Crippen molar-refractivity contribution in [3.8, 4) is 11.4 Å². The molecule has 160 valence electrons. The Kier molecular flexibility index (Phi) is 4.31. The molecule has 1 amide bonds. The summed E-state index contributed by atoms with van der Waals surface area (Å²) in [6.07, 6.45) is 5.80. The number of rotatable bonds is 2. The van der Waals surface area contributed by atoms with Gasteiger partial charge in [0, 0.05) is 11.5 Å². The van der Waals surface area contributed by atoms with Crippen LogP contribution in [0.15, 0.2) is 54.7 Å². The minimum atomic E-state index is -0.288. The van der Waals surface area contributed by atoms with E-state index in [0.29, 0.717) is 17.9 Å². The fourth-order valence-corrected chi connectivity index (χ4v) is 5.23. The van der Waals surface area contributed by atoms with Crippen LogP contribution >= 0.6 is 0 Å². The number of hydrogen-bond acceptors (Lipinski definition) is 4. The molecule has 6 nitrogen and oxygen atoms in total. The molecular weight excluding hydrogens is 405 g/mol. The van der Waals surface area contributed by atoms with Crippen molar-refractivity contribution in [2.24, 2.45) is 0 Å². The minimum Gasteiger partial charge on any atom is -0.346 e. The van der Waals surface area contributed by atoms with E-state index in [1.807, 2.05) is 6.07 Å². The van der Waals surface area contributed by atoms with Crippen LogP contribution < -0.4 is 5.32 Å². The number of aromatic nitrogens is 4. The lowest BCUT2D eigenvalue weighted by atomic mass is 9.69. The highest BCUT2D eigenvalue weighted by Crippen LogP contribution is 2.45. The maximum absolute atomic E-state index is 13.2. The lowest BCUT2D eigenvalue weighted by Gasteiger charge is -2.44. The SMILES string of the molecule is O=C1Cc2ccccc2[C@]2(CC[C@@H](c3nc4nc(-c5ccc(F)cc5)ncc4[nH]3)CC2)N1. The molecule has 6 rings (SSSR count). The van der Waals surface area contributed by atoms with Gasteiger partial charge in [-0.2, -0.15) is 0 Å². The number of halogens is 1. The first kappa shape index (κ1) is 19.1. The monoisotopic (exact) mass is 427 g/mol. The van der Waals surface area contributed by atoms with Crippen LogP contribution in [0.5, 0.6) is 0 Å². The highest BCUT2D eigenvalue weighted by atomic mass is 19.1. The lowest BCUT2D eigenvalue weighted by molar-refractivity contribution is -0.123. The molecule has 0 saturated heterocycles. The predicted molar refractivity (Wildman–Crippen MR) is 118 cm³/mol. The van der Waals surface area contributed by atoms with Gasteiger partial charge in [-0.15, -0.1) is 0 Å². The maximum atomic E-state index is 13.2. The van der Waals surface area contributed by atoms with Crippen molar-refractivity contribution in [3.05, 3.63) is 77.5 Å². The zero-order valence-corrected chi connectivity index (χ0v) is 17.4. The van der Waals surface area contributed by atoms with Crippen LogP contribution in [-0.4, -0.2) is 25.8 Å². The Balaban J connectivity index is 1.26. The van der Waals surface area contributed by atoms with Crippen molar-refractivity contribution < 1.29 is 9.18 Å². The first-order chi connectivity index (χ1) is 15.6. The molecule has 2 aliphatic rings. The summed E-state index contributed by atoms with van der Waals surface area (Å²) < 4.78 is 13.2. The summed E-state index contributed by atoms with van der Waals surface area (Å²) in [6.45, 7) is 0. The first-order valence-corrected chi connectivity index (χ1v) is 11.0. The van der Waals surface area contributed by atoms with E-state index in [1.165, 1.54) is 17.7 Å². The summed E-state index contributed by atoms with van der Waals surface area (Å²) in [5.41, 5.74) is 4.29. The fraction of sp³-hybridized carbons (Fsp3) is 0.280. The quantitative estimate of drug-likeness (QED) is 0.497. The van der Waals surface area contributed by atoms with Gasteiger partial charge in [-0.3, -0.25) is 4.79 Å². The van der Waals surface area contributed by atoms with Gasteiger partial charge in [-0.05, 0) is 61.1 Å². The number of fused-ring (bicyclic) bond motifs is 3. The van der Waals surface area contributed by atoms with E-state index in [-0.39, 0.29) is 23.2 Å². The molecule has 0 atom stereocenters. The van der Waals surface area contributed by atoms with Gasteiger partial charge in [0.2, 0.25) is 5.91 Å². The van der Waals surface area contributed by atoms with E-state index in [2.05, 4.69) is 38.5 Å². The van der Waals surface area contributed by atoms with Crippen LogP contribution in [0.25, 0.3) is 22.6 Å². The van der Waals surface area contributed by atoms with E-state index >= 15 is 0 Å². The van der Waals surface area contributed by atoms with Crippen LogP contribution in [-0.2, 0) is 16.8 Å². The summed E-state index contributed by atoms with van der Waals surface area (Å²) in [6, 6.07) is 14.4. The van der Waals surface area contributed by atoms with Gasteiger partial charge in [-0.25, -0.2) is 19.3 Å². The second-order valence-corrected chi connectivity index (χ2v) is 8.80. The molecule has 2 N–H and O–H groups in total. The molecule has 32 heavy (non-hydrogen) atoms. The second kappa shape index (κ2) is 7.22. The van der Waals surface area contributed by atoms with E-state index in [4.69, 9.17) is 4.98 Å². The van der Waals surface area contributed by atoms with E-state index in [9.17, 15) is 9.18 Å². The Morgan fingerprint density at radius 3 is 2.59 bits per heavy atom. The zero-order valence-electron chi connectivity index (χ0n) is 17.4. The Bertz CT molecular complexity index is 1320. The average Bonchev–Trinajstić information content (AvgIpc) is 3.23. The van der Waals surface area contributed by atoms with Crippen molar-refractivity contribution in [3.63, 3.8) is 0 Å². The van der Waals surface area contributed by atoms with Gasteiger partial charge < -0.3 is 10.3 Å². The van der Waals surface area contributed by atoms with Crippen molar-refractivity contribution in [1.29, 1.82) is 0 Å². The molecule has 0 radical (unpaired) electrons. The molecular formula is C25H22FN5O. The Hall–Kier alpha value is -3.61. The molecule has 1 saturated carbocycles. The smallest absolute Gasteiger partial charge is 0.225 e. The molecule has 2 aromatic heterocycles. The number of H-pyrrole nitrogens is 1. The number of nitrogens with zero attached hydrogens (tertiary/aromatic N) is 3. The third kappa shape index (κ3) is 3.16. The van der Waals surface area contributed by atoms with E-state index in [0.717, 1.165) is 48.2 Å². The third-order valence-electron chi connectivity index (χ3n) is 6.85. The number of aromatic amines is 1. The van der Waals surface area contributed by atoms with Crippen molar-refractivity contribution in [2.75, 3.05) is 0 Å². The summed E-state index contributed by atoms with van der Waals surface area (Å²) >= 11 is 0. The Labute approximate surface area is 184 Å². The first-order valence-electron chi connectivity index (χ1n) is 11.0. The van der Waals surface area contributed by atoms with Gasteiger partial charge in [-0.1, -0.05) is 24.3 Å². The number of imidazole rings is 1. The molecule has 1 aliphatic heterocycles. The molecule has 4 aromatic rings. The van der Waals surface area contributed by atoms with Crippen molar-refractivity contribution in [2.45, 2.75) is 43.6 Å². The maximum Gasteiger partial charge on any atom is 0.225 e. The number of hydrogen-bond donors (Lipinski definition) is 2. The predicted octanol–water partition coefficient (Wildman–Crippen LogP) is 4.38. The molecule has 1 spiro atoms. The Morgan fingerprint density at radius 1 is 1.00 bits per heavy atom. The molecule has 1 fully saturated rings. The number of benzene rings is 2. The molecule has 0 unspecified atom stereocenters. The second-order valence-electron chi connectivity index (χ2n) is 8.80. The Morgan fingerprint density at radius 2 is 1.78 bits per heavy atom. The van der Waals surface area contributed by atoms with Crippen LogP contribution in [0.3, 0.4) is 0 Å². The van der Waals surface area contributed by atoms with Gasteiger partial charge >= 0.3 is 0 Å². The topological polar surface area (TPSA) is 83.6 Å². The van der Waals surface area contributed by atoms with Crippen LogP contribution in [0, 0.1) is 5.82 Å². The van der Waals surface area contributed by atoms with Crippen molar-refractivity contribution in [1.82, 2.24) is 25.3 Å². The number of carbonyl (C=O) groups excluding carboxylic acids is 1. The molecule has 3 heterocycles. The molecule has 7 heteroatoms. The summed E-state index contributed by atoms with van der Waals surface area (Å²) in [7, 11) is 0. The van der Waals surface area contributed by atoms with E-state index < -0.39 is 0 Å². The van der Waals surface area contributed by atoms with Crippen LogP contribution in [0.1, 0.15) is 48.6 Å². The molecule has 2 aromatic carbocycles. The van der Waals surface area contributed by atoms with Gasteiger partial charge in [0.25, 0.3) is 0 Å². The average molecular weight is 427 g/mol. The minimum absolute atomic E-state index is 0.106. The number of carbonyl (C=O) groups is 1. The highest BCUT2D eigenvalue weighted by molar-refractivity contribution is 5.82. The van der Waals surface area contributed by atoms with Crippen LogP contribution in [0.4, 0.5) is 4.39 Å². The van der Waals surface area contributed by atoms with E-state index in [1.54, 1.807) is 18.3 Å². The standard InChI is InChI=1S/C25H22FN5O/c26-18-7-5-15(6-8-18)22-27-14-20-24(29-22)30-23(28-20)16-9-11-25(12-10-16)19-4-2-1-3-17(19)13-21(32)31-25/h1-8,14,16H,9-13H2,(H,31,32)(H,27,28,29,30)/t16-,25-. The summed E-state index contributed by atoms with van der Waals surface area (Å²) in [5, 5.41) is 3.30. The van der Waals surface area contributed by atoms with Gasteiger partial charge in [0.05, 0.1) is 18.2 Å². The lowest BCUT2D eigenvalue weighted by Crippen LogP contribution is -2.52. The van der Waals surface area contributed by atoms with Gasteiger partial charge in [0.1, 0.15) is 17.2 Å². The largest absolute Gasteiger partial charge is 0.346 e. The normalized spacial score (nSPS) is 22.7. The number of amides is 1. The molecule has 0 bridgehead atoms. The van der Waals surface area contributed by atoms with Crippen molar-refractivity contribution >= 4 is 17.1 Å². The van der Waals surface area contributed by atoms with Crippen LogP contribution in [0.2, 0.25) is 0 Å².